The molecule has 1 amide bonds. The number of benzene rings is 2. The van der Waals surface area contributed by atoms with Crippen molar-refractivity contribution in [1.29, 1.82) is 0 Å². The lowest BCUT2D eigenvalue weighted by Crippen LogP contribution is -2.31. The van der Waals surface area contributed by atoms with Gasteiger partial charge in [0.15, 0.2) is 0 Å². The summed E-state index contributed by atoms with van der Waals surface area (Å²) in [6.07, 6.45) is -8.05. The third-order valence-corrected chi connectivity index (χ3v) is 4.58. The van der Waals surface area contributed by atoms with E-state index in [0.717, 1.165) is 13.2 Å². The summed E-state index contributed by atoms with van der Waals surface area (Å²) in [5, 5.41) is 11.9. The number of carbonyl (C=O) groups excluding carboxylic acids is 1. The van der Waals surface area contributed by atoms with E-state index in [0.29, 0.717) is 0 Å². The minimum atomic E-state index is -4.70. The minimum Gasteiger partial charge on any atom is -0.496 e. The van der Waals surface area contributed by atoms with Crippen molar-refractivity contribution in [3.8, 4) is 5.75 Å². The first-order chi connectivity index (χ1) is 13.6. The van der Waals surface area contributed by atoms with Crippen LogP contribution >= 0.6 is 11.6 Å². The molecule has 29 heavy (non-hydrogen) atoms. The summed E-state index contributed by atoms with van der Waals surface area (Å²) in [5.74, 6) is -2.52. The van der Waals surface area contributed by atoms with E-state index in [9.17, 15) is 22.8 Å². The van der Waals surface area contributed by atoms with Gasteiger partial charge in [-0.2, -0.15) is 13.2 Å². The van der Waals surface area contributed by atoms with Crippen molar-refractivity contribution in [2.45, 2.75) is 24.8 Å². The zero-order valence-electron chi connectivity index (χ0n) is 14.9. The SMILES string of the molecule is COc1c([C@H]2O[C@H](CC(=O)O)C(=O)Nc3ccc(Cl)cc32)cccc1C(F)(F)F. The Morgan fingerprint density at radius 2 is 2.00 bits per heavy atom. The Morgan fingerprint density at radius 1 is 1.28 bits per heavy atom. The fraction of sp³-hybridized carbons (Fsp3) is 0.263. The number of hydrogen-bond donors (Lipinski definition) is 2. The highest BCUT2D eigenvalue weighted by Crippen LogP contribution is 2.45. The monoisotopic (exact) mass is 429 g/mol. The number of rotatable bonds is 4. The summed E-state index contributed by atoms with van der Waals surface area (Å²) in [7, 11) is 1.09. The average molecular weight is 430 g/mol. The summed E-state index contributed by atoms with van der Waals surface area (Å²) >= 11 is 6.04. The smallest absolute Gasteiger partial charge is 0.419 e. The van der Waals surface area contributed by atoms with E-state index < -0.39 is 48.0 Å². The number of amides is 1. The quantitative estimate of drug-likeness (QED) is 0.758. The van der Waals surface area contributed by atoms with Crippen LogP contribution in [0.15, 0.2) is 36.4 Å². The molecular weight excluding hydrogens is 415 g/mol. The van der Waals surface area contributed by atoms with E-state index in [1.165, 1.54) is 30.3 Å². The zero-order valence-corrected chi connectivity index (χ0v) is 15.7. The molecule has 154 valence electrons. The molecule has 1 heterocycles. The van der Waals surface area contributed by atoms with Gasteiger partial charge in [-0.15, -0.1) is 0 Å². The number of alkyl halides is 3. The molecule has 3 rings (SSSR count). The van der Waals surface area contributed by atoms with Gasteiger partial charge < -0.3 is 19.9 Å². The number of methoxy groups -OCH3 is 1. The van der Waals surface area contributed by atoms with Gasteiger partial charge in [0.2, 0.25) is 0 Å². The maximum absolute atomic E-state index is 13.4. The van der Waals surface area contributed by atoms with Crippen molar-refractivity contribution in [2.75, 3.05) is 12.4 Å². The van der Waals surface area contributed by atoms with Crippen molar-refractivity contribution >= 4 is 29.2 Å². The van der Waals surface area contributed by atoms with Gasteiger partial charge in [0.05, 0.1) is 19.1 Å². The highest BCUT2D eigenvalue weighted by molar-refractivity contribution is 6.30. The van der Waals surface area contributed by atoms with E-state index in [1.54, 1.807) is 0 Å². The molecule has 1 aliphatic heterocycles. The Bertz CT molecular complexity index is 963. The molecule has 0 bridgehead atoms. The van der Waals surface area contributed by atoms with E-state index in [-0.39, 0.29) is 21.8 Å². The van der Waals surface area contributed by atoms with Crippen molar-refractivity contribution in [3.05, 3.63) is 58.1 Å². The van der Waals surface area contributed by atoms with Crippen LogP contribution in [0.25, 0.3) is 0 Å². The first-order valence-corrected chi connectivity index (χ1v) is 8.71. The van der Waals surface area contributed by atoms with Gasteiger partial charge in [0.25, 0.3) is 5.91 Å². The summed E-state index contributed by atoms with van der Waals surface area (Å²) in [5.41, 5.74) is -0.520. The maximum Gasteiger partial charge on any atom is 0.419 e. The Labute approximate surface area is 168 Å². The second-order valence-corrected chi connectivity index (χ2v) is 6.69. The van der Waals surface area contributed by atoms with E-state index in [1.807, 2.05) is 0 Å². The van der Waals surface area contributed by atoms with Crippen molar-refractivity contribution < 1.29 is 37.3 Å². The summed E-state index contributed by atoms with van der Waals surface area (Å²) in [6.45, 7) is 0. The average Bonchev–Trinajstić information content (AvgIpc) is 2.77. The molecule has 0 aromatic heterocycles. The van der Waals surface area contributed by atoms with Crippen molar-refractivity contribution in [1.82, 2.24) is 0 Å². The summed E-state index contributed by atoms with van der Waals surface area (Å²) < 4.78 is 51.1. The molecule has 0 aliphatic carbocycles. The molecule has 1 aliphatic rings. The second kappa shape index (κ2) is 7.92. The molecule has 6 nitrogen and oxygen atoms in total. The number of hydrogen-bond acceptors (Lipinski definition) is 4. The van der Waals surface area contributed by atoms with Crippen LogP contribution in [0.4, 0.5) is 18.9 Å². The number of halogens is 4. The lowest BCUT2D eigenvalue weighted by molar-refractivity contribution is -0.146. The zero-order chi connectivity index (χ0) is 21.3. The van der Waals surface area contributed by atoms with Crippen LogP contribution in [-0.2, 0) is 20.5 Å². The van der Waals surface area contributed by atoms with Crippen LogP contribution in [-0.4, -0.2) is 30.2 Å². The Kier molecular flexibility index (Phi) is 5.72. The number of carbonyl (C=O) groups is 2. The number of aliphatic carboxylic acids is 1. The maximum atomic E-state index is 13.4. The van der Waals surface area contributed by atoms with E-state index in [2.05, 4.69) is 5.32 Å². The first-order valence-electron chi connectivity index (χ1n) is 8.33. The van der Waals surface area contributed by atoms with Gasteiger partial charge in [-0.1, -0.05) is 23.7 Å². The molecule has 2 aromatic rings. The molecule has 2 N–H and O–H groups in total. The molecular formula is C19H15ClF3NO5. The first kappa shape index (κ1) is 20.9. The van der Waals surface area contributed by atoms with Gasteiger partial charge >= 0.3 is 12.1 Å². The molecule has 10 heteroatoms. The number of para-hydroxylation sites is 1. The lowest BCUT2D eigenvalue weighted by Gasteiger charge is -2.24. The topological polar surface area (TPSA) is 84.9 Å². The molecule has 0 unspecified atom stereocenters. The number of nitrogens with one attached hydrogen (secondary N) is 1. The van der Waals surface area contributed by atoms with Crippen LogP contribution in [0, 0.1) is 0 Å². The van der Waals surface area contributed by atoms with Crippen LogP contribution in [0.3, 0.4) is 0 Å². The largest absolute Gasteiger partial charge is 0.496 e. The van der Waals surface area contributed by atoms with Crippen molar-refractivity contribution in [2.24, 2.45) is 0 Å². The molecule has 0 spiro atoms. The molecule has 2 aromatic carbocycles. The third-order valence-electron chi connectivity index (χ3n) is 4.34. The number of anilines is 1. The predicted molar refractivity (Wildman–Crippen MR) is 97.0 cm³/mol. The second-order valence-electron chi connectivity index (χ2n) is 6.25. The van der Waals surface area contributed by atoms with Crippen LogP contribution in [0.5, 0.6) is 5.75 Å². The third kappa shape index (κ3) is 4.30. The highest BCUT2D eigenvalue weighted by atomic mass is 35.5. The Morgan fingerprint density at radius 3 is 2.62 bits per heavy atom. The molecule has 0 radical (unpaired) electrons. The van der Waals surface area contributed by atoms with E-state index in [4.69, 9.17) is 26.2 Å². The highest BCUT2D eigenvalue weighted by Gasteiger charge is 2.39. The van der Waals surface area contributed by atoms with Gasteiger partial charge in [-0.3, -0.25) is 9.59 Å². The summed E-state index contributed by atoms with van der Waals surface area (Å²) in [6, 6.07) is 7.78. The number of fused-ring (bicyclic) bond motifs is 1. The number of carboxylic acid groups (broad SMARTS) is 1. The Hall–Kier alpha value is -2.78. The normalized spacial score (nSPS) is 19.1. The van der Waals surface area contributed by atoms with Crippen LogP contribution in [0.1, 0.15) is 29.2 Å². The van der Waals surface area contributed by atoms with Crippen molar-refractivity contribution in [3.63, 3.8) is 0 Å². The molecule has 0 fully saturated rings. The van der Waals surface area contributed by atoms with Crippen LogP contribution < -0.4 is 10.1 Å². The minimum absolute atomic E-state index is 0.0160. The van der Waals surface area contributed by atoms with Crippen LogP contribution in [0.2, 0.25) is 5.02 Å². The lowest BCUT2D eigenvalue weighted by atomic mass is 9.96. The van der Waals surface area contributed by atoms with Gasteiger partial charge in [0.1, 0.15) is 18.0 Å². The fourth-order valence-electron chi connectivity index (χ4n) is 3.13. The Balaban J connectivity index is 2.21. The van der Waals surface area contributed by atoms with Gasteiger partial charge in [0, 0.05) is 21.8 Å². The number of carboxylic acids is 1. The van der Waals surface area contributed by atoms with E-state index >= 15 is 0 Å². The number of ether oxygens (including phenoxy) is 2. The summed E-state index contributed by atoms with van der Waals surface area (Å²) in [4.78, 5) is 23.6. The molecule has 0 saturated carbocycles. The predicted octanol–water partition coefficient (Wildman–Crippen LogP) is 4.27. The van der Waals surface area contributed by atoms with Gasteiger partial charge in [-0.25, -0.2) is 0 Å². The fourth-order valence-corrected chi connectivity index (χ4v) is 3.31. The molecule has 0 saturated heterocycles. The van der Waals surface area contributed by atoms with Gasteiger partial charge in [-0.05, 0) is 24.3 Å². The standard InChI is InChI=1S/C19H15ClF3NO5/c1-28-17-10(3-2-4-12(17)19(21,22)23)16-11-7-9(20)5-6-13(11)24-18(27)14(29-16)8-15(25)26/h2-7,14,16H,8H2,1H3,(H,24,27)(H,25,26)/t14-,16-/m1/s1. The molecule has 2 atom stereocenters.